The van der Waals surface area contributed by atoms with Crippen molar-refractivity contribution in [3.8, 4) is 5.82 Å². The van der Waals surface area contributed by atoms with Gasteiger partial charge in [0, 0.05) is 24.6 Å². The molecule has 2 heterocycles. The maximum atomic E-state index is 4.41. The Balaban J connectivity index is 2.65. The van der Waals surface area contributed by atoms with Crippen LogP contribution in [0.15, 0.2) is 22.8 Å². The number of nitrogens with zero attached hydrogens (tertiary/aromatic N) is 3. The molecule has 0 spiro atoms. The highest BCUT2D eigenvalue weighted by Gasteiger charge is 2.10. The van der Waals surface area contributed by atoms with Gasteiger partial charge in [-0.15, -0.1) is 0 Å². The molecule has 0 fully saturated rings. The summed E-state index contributed by atoms with van der Waals surface area (Å²) in [5.41, 5.74) is 2.39. The van der Waals surface area contributed by atoms with E-state index in [-0.39, 0.29) is 0 Å². The molecule has 74 valence electrons. The van der Waals surface area contributed by atoms with E-state index < -0.39 is 0 Å². The first kappa shape index (κ1) is 9.52. The largest absolute Gasteiger partial charge is 0.301 e. The maximum Gasteiger partial charge on any atom is 0.173 e. The van der Waals surface area contributed by atoms with Crippen LogP contribution >= 0.6 is 15.9 Å². The molecule has 2 aromatic heterocycles. The number of rotatable bonds is 1. The Labute approximate surface area is 91.5 Å². The van der Waals surface area contributed by atoms with Crippen molar-refractivity contribution in [2.45, 2.75) is 13.8 Å². The Morgan fingerprint density at radius 3 is 2.21 bits per heavy atom. The third-order valence-corrected chi connectivity index (χ3v) is 2.81. The van der Waals surface area contributed by atoms with Gasteiger partial charge in [-0.25, -0.2) is 0 Å². The fraction of sp³-hybridized carbons (Fsp3) is 0.300. The first-order chi connectivity index (χ1) is 6.59. The molecule has 0 aliphatic rings. The minimum Gasteiger partial charge on any atom is -0.301 e. The zero-order chi connectivity index (χ0) is 10.3. The summed E-state index contributed by atoms with van der Waals surface area (Å²) in [5.74, 6) is 0.951. The standard InChI is InChI=1S/C10H12BrN3/c1-7-4-5-8(2)14(7)10-9(11)6-13(3)12-10/h4-6H,1-3H3. The summed E-state index contributed by atoms with van der Waals surface area (Å²) < 4.78 is 4.95. The summed E-state index contributed by atoms with van der Waals surface area (Å²) in [6.07, 6.45) is 1.95. The molecule has 3 nitrogen and oxygen atoms in total. The molecule has 0 aromatic carbocycles. The molecule has 2 aromatic rings. The van der Waals surface area contributed by atoms with Crippen molar-refractivity contribution in [2.24, 2.45) is 7.05 Å². The van der Waals surface area contributed by atoms with E-state index in [1.54, 1.807) is 4.68 Å². The minimum atomic E-state index is 0.951. The van der Waals surface area contributed by atoms with E-state index in [1.165, 1.54) is 11.4 Å². The average molecular weight is 254 g/mol. The van der Waals surface area contributed by atoms with Gasteiger partial charge in [0.25, 0.3) is 0 Å². The van der Waals surface area contributed by atoms with Gasteiger partial charge in [0.05, 0.1) is 4.47 Å². The van der Waals surface area contributed by atoms with Gasteiger partial charge >= 0.3 is 0 Å². The van der Waals surface area contributed by atoms with Crippen LogP contribution in [-0.2, 0) is 7.05 Å². The van der Waals surface area contributed by atoms with Crippen LogP contribution in [0.3, 0.4) is 0 Å². The van der Waals surface area contributed by atoms with E-state index >= 15 is 0 Å². The van der Waals surface area contributed by atoms with Crippen molar-refractivity contribution in [1.29, 1.82) is 0 Å². The van der Waals surface area contributed by atoms with E-state index in [2.05, 4.69) is 51.6 Å². The van der Waals surface area contributed by atoms with Crippen LogP contribution in [0.5, 0.6) is 0 Å². The number of hydrogen-bond acceptors (Lipinski definition) is 1. The Morgan fingerprint density at radius 1 is 1.21 bits per heavy atom. The highest BCUT2D eigenvalue weighted by molar-refractivity contribution is 9.10. The van der Waals surface area contributed by atoms with Crippen LogP contribution in [0.2, 0.25) is 0 Å². The van der Waals surface area contributed by atoms with Crippen molar-refractivity contribution in [3.05, 3.63) is 34.2 Å². The number of aromatic nitrogens is 3. The molecule has 0 amide bonds. The minimum absolute atomic E-state index is 0.951. The molecule has 0 aliphatic carbocycles. The summed E-state index contributed by atoms with van der Waals surface area (Å²) in [6, 6.07) is 4.19. The molecule has 2 rings (SSSR count). The van der Waals surface area contributed by atoms with Gasteiger partial charge in [0.1, 0.15) is 0 Å². The molecule has 0 N–H and O–H groups in total. The van der Waals surface area contributed by atoms with E-state index in [4.69, 9.17) is 0 Å². The van der Waals surface area contributed by atoms with Crippen LogP contribution in [-0.4, -0.2) is 14.3 Å². The summed E-state index contributed by atoms with van der Waals surface area (Å²) in [7, 11) is 1.92. The molecular weight excluding hydrogens is 242 g/mol. The molecule has 14 heavy (non-hydrogen) atoms. The first-order valence-electron chi connectivity index (χ1n) is 4.44. The molecular formula is C10H12BrN3. The normalized spacial score (nSPS) is 10.9. The predicted molar refractivity (Wildman–Crippen MR) is 59.7 cm³/mol. The van der Waals surface area contributed by atoms with Gasteiger partial charge in [-0.05, 0) is 41.9 Å². The molecule has 0 unspecified atom stereocenters. The predicted octanol–water partition coefficient (Wildman–Crippen LogP) is 2.59. The molecule has 0 aliphatic heterocycles. The van der Waals surface area contributed by atoms with Gasteiger partial charge < -0.3 is 4.57 Å². The zero-order valence-electron chi connectivity index (χ0n) is 8.45. The number of aryl methyl sites for hydroxylation is 3. The zero-order valence-corrected chi connectivity index (χ0v) is 10.0. The van der Waals surface area contributed by atoms with Crippen molar-refractivity contribution >= 4 is 15.9 Å². The van der Waals surface area contributed by atoms with Crippen LogP contribution in [0.1, 0.15) is 11.4 Å². The van der Waals surface area contributed by atoms with Gasteiger partial charge in [-0.3, -0.25) is 4.68 Å². The fourth-order valence-corrected chi connectivity index (χ4v) is 2.15. The topological polar surface area (TPSA) is 22.8 Å². The van der Waals surface area contributed by atoms with Crippen molar-refractivity contribution in [2.75, 3.05) is 0 Å². The Kier molecular flexibility index (Phi) is 2.23. The second-order valence-electron chi connectivity index (χ2n) is 3.43. The fourth-order valence-electron chi connectivity index (χ4n) is 1.60. The molecule has 0 atom stereocenters. The lowest BCUT2D eigenvalue weighted by atomic mass is 10.5. The number of halogens is 1. The Bertz CT molecular complexity index is 448. The first-order valence-corrected chi connectivity index (χ1v) is 5.23. The maximum absolute atomic E-state index is 4.41. The summed E-state index contributed by atoms with van der Waals surface area (Å²) >= 11 is 3.50. The van der Waals surface area contributed by atoms with Crippen LogP contribution in [0.25, 0.3) is 5.82 Å². The molecule has 0 radical (unpaired) electrons. The lowest BCUT2D eigenvalue weighted by Gasteiger charge is -2.05. The summed E-state index contributed by atoms with van der Waals surface area (Å²) in [5, 5.41) is 4.41. The van der Waals surface area contributed by atoms with Crippen LogP contribution in [0, 0.1) is 13.8 Å². The number of hydrogen-bond donors (Lipinski definition) is 0. The molecule has 4 heteroatoms. The van der Waals surface area contributed by atoms with Crippen molar-refractivity contribution in [3.63, 3.8) is 0 Å². The highest BCUT2D eigenvalue weighted by Crippen LogP contribution is 2.22. The van der Waals surface area contributed by atoms with Crippen LogP contribution in [0.4, 0.5) is 0 Å². The smallest absolute Gasteiger partial charge is 0.173 e. The Morgan fingerprint density at radius 2 is 1.79 bits per heavy atom. The molecule has 0 bridgehead atoms. The second-order valence-corrected chi connectivity index (χ2v) is 4.28. The lowest BCUT2D eigenvalue weighted by molar-refractivity contribution is 0.745. The van der Waals surface area contributed by atoms with E-state index in [0.29, 0.717) is 0 Å². The average Bonchev–Trinajstić information content (AvgIpc) is 2.57. The van der Waals surface area contributed by atoms with Gasteiger partial charge in [-0.1, -0.05) is 0 Å². The van der Waals surface area contributed by atoms with Crippen LogP contribution < -0.4 is 0 Å². The molecule has 0 saturated heterocycles. The third kappa shape index (κ3) is 1.39. The summed E-state index contributed by atoms with van der Waals surface area (Å²) in [4.78, 5) is 0. The molecule has 0 saturated carbocycles. The second kappa shape index (κ2) is 3.28. The lowest BCUT2D eigenvalue weighted by Crippen LogP contribution is -2.01. The highest BCUT2D eigenvalue weighted by atomic mass is 79.9. The van der Waals surface area contributed by atoms with E-state index in [0.717, 1.165) is 10.3 Å². The summed E-state index contributed by atoms with van der Waals surface area (Å²) in [6.45, 7) is 4.16. The quantitative estimate of drug-likeness (QED) is 0.766. The van der Waals surface area contributed by atoms with Gasteiger partial charge in [0.2, 0.25) is 0 Å². The van der Waals surface area contributed by atoms with Gasteiger partial charge in [0.15, 0.2) is 5.82 Å². The monoisotopic (exact) mass is 253 g/mol. The Hall–Kier alpha value is -1.03. The van der Waals surface area contributed by atoms with Crippen molar-refractivity contribution in [1.82, 2.24) is 14.3 Å². The van der Waals surface area contributed by atoms with E-state index in [9.17, 15) is 0 Å². The van der Waals surface area contributed by atoms with Gasteiger partial charge in [-0.2, -0.15) is 5.10 Å². The third-order valence-electron chi connectivity index (χ3n) is 2.25. The van der Waals surface area contributed by atoms with E-state index in [1.807, 2.05) is 13.2 Å². The SMILES string of the molecule is Cc1ccc(C)n1-c1nn(C)cc1Br. The van der Waals surface area contributed by atoms with Crippen molar-refractivity contribution < 1.29 is 0 Å².